The number of nitrogens with one attached hydrogen (secondary N) is 2. The van der Waals surface area contributed by atoms with Gasteiger partial charge in [-0.05, 0) is 29.3 Å². The number of amides is 1. The Labute approximate surface area is 158 Å². The van der Waals surface area contributed by atoms with E-state index >= 15 is 0 Å². The molecule has 0 saturated heterocycles. The SMILES string of the molecule is O=C(CCNS(=O)(=O)/C=C/c1ccccc1)NCc1ccc2c(c1)OCO2. The summed E-state index contributed by atoms with van der Waals surface area (Å²) >= 11 is 0. The third-order valence-corrected chi connectivity index (χ3v) is 4.92. The van der Waals surface area contributed by atoms with Crippen molar-refractivity contribution in [2.24, 2.45) is 0 Å². The summed E-state index contributed by atoms with van der Waals surface area (Å²) in [7, 11) is -3.59. The van der Waals surface area contributed by atoms with Crippen molar-refractivity contribution in [2.75, 3.05) is 13.3 Å². The van der Waals surface area contributed by atoms with Gasteiger partial charge in [0.15, 0.2) is 11.5 Å². The van der Waals surface area contributed by atoms with Crippen molar-refractivity contribution in [3.8, 4) is 11.5 Å². The van der Waals surface area contributed by atoms with Gasteiger partial charge in [0.2, 0.25) is 22.7 Å². The summed E-state index contributed by atoms with van der Waals surface area (Å²) in [6, 6.07) is 14.5. The molecule has 142 valence electrons. The van der Waals surface area contributed by atoms with Crippen LogP contribution in [0, 0.1) is 0 Å². The highest BCUT2D eigenvalue weighted by Gasteiger charge is 2.13. The van der Waals surface area contributed by atoms with Crippen LogP contribution in [0.4, 0.5) is 0 Å². The van der Waals surface area contributed by atoms with E-state index in [0.717, 1.165) is 16.5 Å². The minimum Gasteiger partial charge on any atom is -0.454 e. The van der Waals surface area contributed by atoms with Gasteiger partial charge in [-0.1, -0.05) is 36.4 Å². The molecule has 2 aromatic carbocycles. The maximum absolute atomic E-state index is 11.9. The number of rotatable bonds is 8. The average molecular weight is 388 g/mol. The van der Waals surface area contributed by atoms with Gasteiger partial charge in [-0.15, -0.1) is 0 Å². The molecule has 0 aromatic heterocycles. The van der Waals surface area contributed by atoms with E-state index in [-0.39, 0.29) is 25.7 Å². The topological polar surface area (TPSA) is 93.7 Å². The number of sulfonamides is 1. The molecule has 27 heavy (non-hydrogen) atoms. The van der Waals surface area contributed by atoms with E-state index in [1.807, 2.05) is 24.3 Å². The second kappa shape index (κ2) is 8.70. The van der Waals surface area contributed by atoms with Gasteiger partial charge in [-0.25, -0.2) is 13.1 Å². The highest BCUT2D eigenvalue weighted by Crippen LogP contribution is 2.32. The molecular formula is C19H20N2O5S. The number of ether oxygens (including phenoxy) is 2. The molecule has 1 aliphatic rings. The van der Waals surface area contributed by atoms with Crippen LogP contribution in [0.15, 0.2) is 53.9 Å². The fraction of sp³-hybridized carbons (Fsp3) is 0.211. The van der Waals surface area contributed by atoms with Gasteiger partial charge < -0.3 is 14.8 Å². The van der Waals surface area contributed by atoms with Crippen LogP contribution < -0.4 is 19.5 Å². The Kier molecular flexibility index (Phi) is 6.10. The van der Waals surface area contributed by atoms with Crippen LogP contribution >= 0.6 is 0 Å². The van der Waals surface area contributed by atoms with Crippen LogP contribution in [0.5, 0.6) is 11.5 Å². The van der Waals surface area contributed by atoms with Crippen molar-refractivity contribution in [1.82, 2.24) is 10.0 Å². The average Bonchev–Trinajstić information content (AvgIpc) is 3.13. The number of hydrogen-bond acceptors (Lipinski definition) is 5. The first kappa shape index (κ1) is 18.9. The lowest BCUT2D eigenvalue weighted by Gasteiger charge is -2.07. The predicted molar refractivity (Wildman–Crippen MR) is 101 cm³/mol. The minimum atomic E-state index is -3.59. The molecule has 0 unspecified atom stereocenters. The number of fused-ring (bicyclic) bond motifs is 1. The summed E-state index contributed by atoms with van der Waals surface area (Å²) in [5.41, 5.74) is 1.66. The molecule has 0 aliphatic carbocycles. The largest absolute Gasteiger partial charge is 0.454 e. The molecule has 0 spiro atoms. The zero-order valence-corrected chi connectivity index (χ0v) is 15.4. The molecular weight excluding hydrogens is 368 g/mol. The maximum Gasteiger partial charge on any atom is 0.233 e. The maximum atomic E-state index is 11.9. The van der Waals surface area contributed by atoms with Crippen molar-refractivity contribution in [2.45, 2.75) is 13.0 Å². The lowest BCUT2D eigenvalue weighted by Crippen LogP contribution is -2.29. The normalized spacial score (nSPS) is 13.0. The second-order valence-electron chi connectivity index (χ2n) is 5.87. The van der Waals surface area contributed by atoms with E-state index in [9.17, 15) is 13.2 Å². The Morgan fingerprint density at radius 2 is 1.85 bits per heavy atom. The van der Waals surface area contributed by atoms with Crippen LogP contribution in [-0.4, -0.2) is 27.7 Å². The molecule has 1 amide bonds. The number of hydrogen-bond donors (Lipinski definition) is 2. The molecule has 0 saturated carbocycles. The van der Waals surface area contributed by atoms with Gasteiger partial charge in [0, 0.05) is 24.9 Å². The Morgan fingerprint density at radius 1 is 1.07 bits per heavy atom. The summed E-state index contributed by atoms with van der Waals surface area (Å²) in [5.74, 6) is 1.09. The Balaban J connectivity index is 1.40. The smallest absolute Gasteiger partial charge is 0.233 e. The van der Waals surface area contributed by atoms with E-state index in [1.165, 1.54) is 6.08 Å². The van der Waals surface area contributed by atoms with Crippen molar-refractivity contribution in [3.63, 3.8) is 0 Å². The molecule has 0 radical (unpaired) electrons. The van der Waals surface area contributed by atoms with Crippen LogP contribution in [0.25, 0.3) is 6.08 Å². The van der Waals surface area contributed by atoms with E-state index in [0.29, 0.717) is 18.0 Å². The molecule has 1 heterocycles. The number of benzene rings is 2. The quantitative estimate of drug-likeness (QED) is 0.722. The summed E-state index contributed by atoms with van der Waals surface area (Å²) < 4.78 is 36.7. The predicted octanol–water partition coefficient (Wildman–Crippen LogP) is 2.01. The molecule has 3 rings (SSSR count). The zero-order chi connectivity index (χ0) is 19.1. The third-order valence-electron chi connectivity index (χ3n) is 3.82. The van der Waals surface area contributed by atoms with Crippen molar-refractivity contribution in [1.29, 1.82) is 0 Å². The molecule has 8 heteroatoms. The summed E-state index contributed by atoms with van der Waals surface area (Å²) in [5, 5.41) is 3.84. The first-order chi connectivity index (χ1) is 13.0. The minimum absolute atomic E-state index is 0.0223. The van der Waals surface area contributed by atoms with Gasteiger partial charge in [0.25, 0.3) is 0 Å². The van der Waals surface area contributed by atoms with Crippen molar-refractivity contribution >= 4 is 22.0 Å². The van der Waals surface area contributed by atoms with E-state index in [2.05, 4.69) is 10.0 Å². The van der Waals surface area contributed by atoms with Gasteiger partial charge in [-0.2, -0.15) is 0 Å². The molecule has 0 fully saturated rings. The summed E-state index contributed by atoms with van der Waals surface area (Å²) in [6.45, 7) is 0.550. The summed E-state index contributed by atoms with van der Waals surface area (Å²) in [6.07, 6.45) is 1.55. The molecule has 2 aromatic rings. The first-order valence-electron chi connectivity index (χ1n) is 8.40. The van der Waals surface area contributed by atoms with Crippen molar-refractivity contribution < 1.29 is 22.7 Å². The molecule has 0 bridgehead atoms. The standard InChI is InChI=1S/C19H20N2O5S/c22-19(20-13-16-6-7-17-18(12-16)26-14-25-17)8-10-21-27(23,24)11-9-15-4-2-1-3-5-15/h1-7,9,11-12,21H,8,10,13-14H2,(H,20,22)/b11-9+. The fourth-order valence-electron chi connectivity index (χ4n) is 2.43. The summed E-state index contributed by atoms with van der Waals surface area (Å²) in [4.78, 5) is 11.9. The second-order valence-corrected chi connectivity index (χ2v) is 7.52. The van der Waals surface area contributed by atoms with Crippen LogP contribution in [-0.2, 0) is 21.4 Å². The highest BCUT2D eigenvalue weighted by molar-refractivity contribution is 7.92. The Bertz CT molecular complexity index is 926. The molecule has 0 atom stereocenters. The highest BCUT2D eigenvalue weighted by atomic mass is 32.2. The Hall–Kier alpha value is -2.84. The van der Waals surface area contributed by atoms with Crippen molar-refractivity contribution in [3.05, 3.63) is 65.1 Å². The molecule has 1 aliphatic heterocycles. The fourth-order valence-corrected chi connectivity index (χ4v) is 3.25. The van der Waals surface area contributed by atoms with E-state index in [1.54, 1.807) is 24.3 Å². The van der Waals surface area contributed by atoms with E-state index in [4.69, 9.17) is 9.47 Å². The Morgan fingerprint density at radius 3 is 2.67 bits per heavy atom. The lowest BCUT2D eigenvalue weighted by atomic mass is 10.2. The monoisotopic (exact) mass is 388 g/mol. The van der Waals surface area contributed by atoms with Crippen LogP contribution in [0.1, 0.15) is 17.5 Å². The molecule has 2 N–H and O–H groups in total. The van der Waals surface area contributed by atoms with Crippen LogP contribution in [0.3, 0.4) is 0 Å². The van der Waals surface area contributed by atoms with Gasteiger partial charge in [0.05, 0.1) is 0 Å². The number of carbonyl (C=O) groups excluding carboxylic acids is 1. The van der Waals surface area contributed by atoms with E-state index < -0.39 is 10.0 Å². The first-order valence-corrected chi connectivity index (χ1v) is 9.94. The lowest BCUT2D eigenvalue weighted by molar-refractivity contribution is -0.121. The third kappa shape index (κ3) is 5.83. The van der Waals surface area contributed by atoms with Gasteiger partial charge in [-0.3, -0.25) is 4.79 Å². The zero-order valence-electron chi connectivity index (χ0n) is 14.6. The van der Waals surface area contributed by atoms with Gasteiger partial charge in [0.1, 0.15) is 0 Å². The number of carbonyl (C=O) groups is 1. The van der Waals surface area contributed by atoms with Crippen LogP contribution in [0.2, 0.25) is 0 Å². The van der Waals surface area contributed by atoms with Gasteiger partial charge >= 0.3 is 0 Å². The molecule has 7 nitrogen and oxygen atoms in total.